The van der Waals surface area contributed by atoms with Crippen LogP contribution in [-0.4, -0.2) is 81.6 Å². The van der Waals surface area contributed by atoms with E-state index in [4.69, 9.17) is 27.9 Å². The number of carbonyl (C=O) groups is 4. The van der Waals surface area contributed by atoms with Crippen molar-refractivity contribution in [3.63, 3.8) is 0 Å². The van der Waals surface area contributed by atoms with E-state index in [0.29, 0.717) is 12.8 Å². The van der Waals surface area contributed by atoms with Gasteiger partial charge < -0.3 is 35.4 Å². The minimum Gasteiger partial charge on any atom is -0.490 e. The summed E-state index contributed by atoms with van der Waals surface area (Å²) in [6.07, 6.45) is 6.39. The summed E-state index contributed by atoms with van der Waals surface area (Å²) < 4.78 is 36.5. The number of hydrogen-bond acceptors (Lipinski definition) is 10. The number of hydrogen-bond donors (Lipinski definition) is 4. The number of thiazole rings is 1. The van der Waals surface area contributed by atoms with Gasteiger partial charge in [0.2, 0.25) is 17.7 Å². The van der Waals surface area contributed by atoms with Crippen LogP contribution in [0.15, 0.2) is 60.4 Å². The predicted molar refractivity (Wildman–Crippen MR) is 235 cm³/mol. The Morgan fingerprint density at radius 2 is 1.65 bits per heavy atom. The Labute approximate surface area is 373 Å². The molecule has 0 bridgehead atoms. The fourth-order valence-electron chi connectivity index (χ4n) is 6.96. The molecule has 62 heavy (non-hydrogen) atoms. The summed E-state index contributed by atoms with van der Waals surface area (Å²) in [5.41, 5.74) is 4.26. The van der Waals surface area contributed by atoms with Gasteiger partial charge in [-0.2, -0.15) is 8.78 Å². The van der Waals surface area contributed by atoms with Gasteiger partial charge in [0.05, 0.1) is 44.5 Å². The van der Waals surface area contributed by atoms with Crippen molar-refractivity contribution in [3.05, 3.63) is 87.2 Å². The zero-order valence-corrected chi connectivity index (χ0v) is 37.3. The second kappa shape index (κ2) is 22.5. The fraction of sp³-hybridized carbons (Fsp3) is 0.455. The van der Waals surface area contributed by atoms with Crippen molar-refractivity contribution in [3.8, 4) is 21.9 Å². The van der Waals surface area contributed by atoms with E-state index in [9.17, 15) is 33.1 Å². The minimum atomic E-state index is -3.10. The number of aliphatic hydroxyl groups excluding tert-OH is 1. The van der Waals surface area contributed by atoms with Gasteiger partial charge in [0.15, 0.2) is 11.5 Å². The molecule has 0 saturated carbocycles. The third-order valence-corrected chi connectivity index (χ3v) is 11.8. The SMILES string of the molecule is Cc1ncsc1-c1ccc(CNC(=O)[C@@H]2C[C@@H](O)CN2C(=O)C(NC(=O)CCCCCCCCOc2cc(C(=O)Nc3c(Cl)cncc3Cl)ccc2OC(F)F)C(C)(C)C)cc1. The van der Waals surface area contributed by atoms with E-state index in [1.54, 1.807) is 16.8 Å². The van der Waals surface area contributed by atoms with Crippen LogP contribution in [0.25, 0.3) is 10.4 Å². The van der Waals surface area contributed by atoms with E-state index in [1.165, 1.54) is 35.5 Å². The Morgan fingerprint density at radius 3 is 2.29 bits per heavy atom. The highest BCUT2D eigenvalue weighted by Gasteiger charge is 2.44. The van der Waals surface area contributed by atoms with E-state index in [2.05, 4.69) is 30.7 Å². The van der Waals surface area contributed by atoms with Crippen LogP contribution >= 0.6 is 34.5 Å². The minimum absolute atomic E-state index is 0.0140. The average molecular weight is 918 g/mol. The van der Waals surface area contributed by atoms with Crippen molar-refractivity contribution in [1.29, 1.82) is 0 Å². The van der Waals surface area contributed by atoms with Crippen molar-refractivity contribution < 1.29 is 42.5 Å². The number of benzene rings is 2. The van der Waals surface area contributed by atoms with E-state index in [-0.39, 0.29) is 77.1 Å². The van der Waals surface area contributed by atoms with Gasteiger partial charge in [0.25, 0.3) is 5.91 Å². The van der Waals surface area contributed by atoms with Crippen molar-refractivity contribution in [2.24, 2.45) is 5.41 Å². The topological polar surface area (TPSA) is 172 Å². The monoisotopic (exact) mass is 916 g/mol. The number of anilines is 1. The van der Waals surface area contributed by atoms with Gasteiger partial charge in [0, 0.05) is 43.9 Å². The van der Waals surface area contributed by atoms with E-state index >= 15 is 0 Å². The van der Waals surface area contributed by atoms with E-state index in [1.807, 2.05) is 52.0 Å². The Morgan fingerprint density at radius 1 is 0.968 bits per heavy atom. The number of alkyl halides is 2. The normalized spacial score (nSPS) is 15.6. The largest absolute Gasteiger partial charge is 0.490 e. The van der Waals surface area contributed by atoms with Crippen LogP contribution in [0.1, 0.15) is 93.8 Å². The zero-order chi connectivity index (χ0) is 45.0. The number of nitrogens with one attached hydrogen (secondary N) is 3. The average Bonchev–Trinajstić information content (AvgIpc) is 3.84. The number of β-amino-alcohol motifs (C(OH)–C–C–N with tert-alkyl or cyclic N) is 1. The number of rotatable bonds is 20. The standard InChI is InChI=1S/C44H52Cl2F2N6O7S/c1-26-38(62-25-51-26)28-14-12-27(13-15-28)21-50-41(58)33-20-30(55)24-54(33)42(59)39(44(2,3)4)52-36(56)11-9-7-5-6-8-10-18-60-35-19-29(16-17-34(35)61-43(47)48)40(57)53-37-31(45)22-49-23-32(37)46/h12-17,19,22-23,25,30,33,39,43,55H,5-11,18,20-21,24H2,1-4H3,(H,50,58)(H,52,56)(H,49,53,57)/t30-,33+,39?/m1/s1. The molecule has 1 saturated heterocycles. The summed E-state index contributed by atoms with van der Waals surface area (Å²) in [5.74, 6) is -1.92. The molecule has 0 spiro atoms. The Bertz CT molecular complexity index is 2150. The van der Waals surface area contributed by atoms with Gasteiger partial charge in [-0.15, -0.1) is 11.3 Å². The lowest BCUT2D eigenvalue weighted by molar-refractivity contribution is -0.144. The Hall–Kier alpha value is -4.90. The molecule has 5 rings (SSSR count). The molecule has 4 N–H and O–H groups in total. The number of ether oxygens (including phenoxy) is 2. The molecular formula is C44H52Cl2F2N6O7S. The third-order valence-electron chi connectivity index (χ3n) is 10.3. The van der Waals surface area contributed by atoms with Crippen LogP contribution in [-0.2, 0) is 20.9 Å². The molecule has 4 aromatic rings. The summed E-state index contributed by atoms with van der Waals surface area (Å²) in [6.45, 7) is 4.80. The number of carbonyl (C=O) groups excluding carboxylic acids is 4. The first-order valence-corrected chi connectivity index (χ1v) is 22.0. The summed E-state index contributed by atoms with van der Waals surface area (Å²) in [6, 6.07) is 9.87. The molecule has 1 fully saturated rings. The first kappa shape index (κ1) is 48.1. The molecule has 4 amide bonds. The number of aryl methyl sites for hydroxylation is 1. The van der Waals surface area contributed by atoms with Crippen LogP contribution in [0.4, 0.5) is 14.5 Å². The first-order valence-electron chi connectivity index (χ1n) is 20.4. The van der Waals surface area contributed by atoms with Crippen LogP contribution in [0.3, 0.4) is 0 Å². The molecular weight excluding hydrogens is 865 g/mol. The van der Waals surface area contributed by atoms with Crippen LogP contribution in [0.5, 0.6) is 11.5 Å². The van der Waals surface area contributed by atoms with Crippen molar-refractivity contribution in [1.82, 2.24) is 25.5 Å². The maximum Gasteiger partial charge on any atom is 0.387 e. The highest BCUT2D eigenvalue weighted by molar-refractivity contribution is 7.13. The molecule has 18 heteroatoms. The van der Waals surface area contributed by atoms with Gasteiger partial charge in [-0.3, -0.25) is 24.2 Å². The number of amides is 4. The Kier molecular flexibility index (Phi) is 17.4. The molecule has 0 aliphatic carbocycles. The van der Waals surface area contributed by atoms with Gasteiger partial charge in [-0.1, -0.05) is 93.9 Å². The molecule has 0 radical (unpaired) electrons. The highest BCUT2D eigenvalue weighted by Crippen LogP contribution is 2.33. The van der Waals surface area contributed by atoms with Crippen LogP contribution in [0, 0.1) is 12.3 Å². The summed E-state index contributed by atoms with van der Waals surface area (Å²) in [5, 5.41) is 19.2. The summed E-state index contributed by atoms with van der Waals surface area (Å²) in [4.78, 5) is 64.0. The number of pyridine rings is 1. The molecule has 3 atom stereocenters. The molecule has 1 aliphatic heterocycles. The zero-order valence-electron chi connectivity index (χ0n) is 35.0. The lowest BCUT2D eigenvalue weighted by Crippen LogP contribution is -2.57. The molecule has 334 valence electrons. The fourth-order valence-corrected chi connectivity index (χ4v) is 8.23. The summed E-state index contributed by atoms with van der Waals surface area (Å²) >= 11 is 13.8. The number of unbranched alkanes of at least 4 members (excludes halogenated alkanes) is 5. The van der Waals surface area contributed by atoms with Gasteiger partial charge in [-0.25, -0.2) is 4.98 Å². The molecule has 2 aromatic heterocycles. The highest BCUT2D eigenvalue weighted by atomic mass is 35.5. The molecule has 2 aromatic carbocycles. The lowest BCUT2D eigenvalue weighted by atomic mass is 9.85. The van der Waals surface area contributed by atoms with Crippen molar-refractivity contribution >= 4 is 63.9 Å². The molecule has 13 nitrogen and oxygen atoms in total. The van der Waals surface area contributed by atoms with Gasteiger partial charge in [0.1, 0.15) is 12.1 Å². The van der Waals surface area contributed by atoms with Gasteiger partial charge in [-0.05, 0) is 54.5 Å². The van der Waals surface area contributed by atoms with Crippen molar-refractivity contribution in [2.45, 2.75) is 110 Å². The Balaban J connectivity index is 1.03. The van der Waals surface area contributed by atoms with E-state index < -0.39 is 42.0 Å². The number of aliphatic hydroxyl groups is 1. The number of aromatic nitrogens is 2. The quantitative estimate of drug-likeness (QED) is 0.0634. The van der Waals surface area contributed by atoms with Crippen LogP contribution < -0.4 is 25.4 Å². The number of nitrogens with zero attached hydrogens (tertiary/aromatic N) is 3. The second-order valence-electron chi connectivity index (χ2n) is 16.1. The predicted octanol–water partition coefficient (Wildman–Crippen LogP) is 8.59. The lowest BCUT2D eigenvalue weighted by Gasteiger charge is -2.35. The number of likely N-dealkylation sites (tertiary alicyclic amines) is 1. The maximum atomic E-state index is 14.0. The molecule has 1 aliphatic rings. The molecule has 3 heterocycles. The van der Waals surface area contributed by atoms with E-state index in [0.717, 1.165) is 47.4 Å². The third kappa shape index (κ3) is 13.5. The molecule has 1 unspecified atom stereocenters. The second-order valence-corrected chi connectivity index (χ2v) is 17.8. The number of halogens is 4. The van der Waals surface area contributed by atoms with Gasteiger partial charge >= 0.3 is 6.61 Å². The van der Waals surface area contributed by atoms with Crippen LogP contribution in [0.2, 0.25) is 10.0 Å². The maximum absolute atomic E-state index is 14.0. The summed E-state index contributed by atoms with van der Waals surface area (Å²) in [7, 11) is 0. The smallest absolute Gasteiger partial charge is 0.387 e. The first-order chi connectivity index (χ1) is 29.5. The van der Waals surface area contributed by atoms with Crippen molar-refractivity contribution in [2.75, 3.05) is 18.5 Å².